The first kappa shape index (κ1) is 23.3. The predicted molar refractivity (Wildman–Crippen MR) is 119 cm³/mol. The zero-order valence-electron chi connectivity index (χ0n) is 18.1. The number of nitrogens with zero attached hydrogens (tertiary/aromatic N) is 2. The molecule has 0 radical (unpaired) electrons. The molecule has 2 aromatic rings. The average Bonchev–Trinajstić information content (AvgIpc) is 3.07. The summed E-state index contributed by atoms with van der Waals surface area (Å²) in [6, 6.07) is 8.00. The number of hydrogen-bond donors (Lipinski definition) is 0. The molecule has 1 atom stereocenters. The number of hydrogen-bond acceptors (Lipinski definition) is 5. The molecule has 5 nitrogen and oxygen atoms in total. The van der Waals surface area contributed by atoms with Gasteiger partial charge in [0.15, 0.2) is 0 Å². The number of rotatable bonds is 13. The topological polar surface area (TPSA) is 53.3 Å². The Balaban J connectivity index is 1.75. The maximum absolute atomic E-state index is 12.0. The van der Waals surface area contributed by atoms with Crippen LogP contribution in [0.5, 0.6) is 5.75 Å². The van der Waals surface area contributed by atoms with Crippen LogP contribution >= 0.6 is 11.8 Å². The Kier molecular flexibility index (Phi) is 10.1. The zero-order valence-corrected chi connectivity index (χ0v) is 19.0. The monoisotopic (exact) mass is 418 g/mol. The van der Waals surface area contributed by atoms with Gasteiger partial charge >= 0.3 is 5.97 Å². The highest BCUT2D eigenvalue weighted by Crippen LogP contribution is 2.22. The van der Waals surface area contributed by atoms with E-state index < -0.39 is 0 Å². The molecule has 0 aliphatic carbocycles. The molecule has 0 saturated carbocycles. The molecule has 0 aliphatic rings. The Morgan fingerprint density at radius 1 is 1.24 bits per heavy atom. The zero-order chi connectivity index (χ0) is 21.1. The highest BCUT2D eigenvalue weighted by Gasteiger charge is 2.12. The fourth-order valence-electron chi connectivity index (χ4n) is 3.06. The molecular weight excluding hydrogens is 384 g/mol. The fraction of sp³-hybridized carbons (Fsp3) is 0.565. The number of esters is 1. The van der Waals surface area contributed by atoms with Crippen LogP contribution in [0.4, 0.5) is 0 Å². The molecule has 1 unspecified atom stereocenters. The number of benzene rings is 1. The van der Waals surface area contributed by atoms with Crippen LogP contribution in [-0.2, 0) is 16.1 Å². The summed E-state index contributed by atoms with van der Waals surface area (Å²) in [6.45, 7) is 7.67. The molecule has 1 heterocycles. The lowest BCUT2D eigenvalue weighted by Gasteiger charge is -2.14. The lowest BCUT2D eigenvalue weighted by atomic mass is 10.0. The van der Waals surface area contributed by atoms with E-state index in [1.165, 1.54) is 18.4 Å². The highest BCUT2D eigenvalue weighted by atomic mass is 32.2. The van der Waals surface area contributed by atoms with Gasteiger partial charge in [-0.1, -0.05) is 45.2 Å². The van der Waals surface area contributed by atoms with Crippen molar-refractivity contribution in [2.75, 3.05) is 19.5 Å². The summed E-state index contributed by atoms with van der Waals surface area (Å²) in [7, 11) is 1.67. The van der Waals surface area contributed by atoms with Gasteiger partial charge in [-0.2, -0.15) is 5.10 Å². The van der Waals surface area contributed by atoms with Gasteiger partial charge in [0, 0.05) is 17.5 Å². The summed E-state index contributed by atoms with van der Waals surface area (Å²) < 4.78 is 12.6. The van der Waals surface area contributed by atoms with Gasteiger partial charge in [0.1, 0.15) is 10.8 Å². The third-order valence-electron chi connectivity index (χ3n) is 4.97. The summed E-state index contributed by atoms with van der Waals surface area (Å²) in [4.78, 5) is 12.0. The van der Waals surface area contributed by atoms with Crippen molar-refractivity contribution in [2.24, 2.45) is 5.92 Å². The molecule has 0 spiro atoms. The average molecular weight is 419 g/mol. The van der Waals surface area contributed by atoms with Crippen molar-refractivity contribution < 1.29 is 14.3 Å². The van der Waals surface area contributed by atoms with Crippen molar-refractivity contribution in [3.63, 3.8) is 0 Å². The number of unbranched alkanes of at least 4 members (excludes halogenated alkanes) is 1. The second kappa shape index (κ2) is 12.6. The van der Waals surface area contributed by atoms with Crippen molar-refractivity contribution in [1.29, 1.82) is 0 Å². The van der Waals surface area contributed by atoms with Crippen LogP contribution in [0.2, 0.25) is 0 Å². The van der Waals surface area contributed by atoms with E-state index in [2.05, 4.69) is 25.9 Å². The Labute approximate surface area is 179 Å². The molecule has 29 heavy (non-hydrogen) atoms. The first-order valence-electron chi connectivity index (χ1n) is 10.5. The van der Waals surface area contributed by atoms with Gasteiger partial charge in [0.25, 0.3) is 0 Å². The number of aryl methyl sites for hydroxylation is 1. The lowest BCUT2D eigenvalue weighted by molar-refractivity contribution is -0.144. The Hall–Kier alpha value is -1.95. The number of aromatic nitrogens is 2. The summed E-state index contributed by atoms with van der Waals surface area (Å²) in [6.07, 6.45) is 7.05. The van der Waals surface area contributed by atoms with Gasteiger partial charge in [-0.3, -0.25) is 9.48 Å². The van der Waals surface area contributed by atoms with Gasteiger partial charge in [-0.25, -0.2) is 0 Å². The van der Waals surface area contributed by atoms with E-state index in [1.54, 1.807) is 18.9 Å². The van der Waals surface area contributed by atoms with Crippen LogP contribution in [0.15, 0.2) is 35.5 Å². The highest BCUT2D eigenvalue weighted by molar-refractivity contribution is 7.99. The maximum atomic E-state index is 12.0. The molecule has 6 heteroatoms. The van der Waals surface area contributed by atoms with Gasteiger partial charge in [-0.05, 0) is 37.0 Å². The minimum atomic E-state index is -0.109. The quantitative estimate of drug-likeness (QED) is 0.318. The molecule has 160 valence electrons. The minimum absolute atomic E-state index is 0.109. The second-order valence-electron chi connectivity index (χ2n) is 7.36. The van der Waals surface area contributed by atoms with E-state index in [0.29, 0.717) is 31.2 Å². The predicted octanol–water partition coefficient (Wildman–Crippen LogP) is 5.49. The summed E-state index contributed by atoms with van der Waals surface area (Å²) >= 11 is 1.61. The molecule has 1 aromatic heterocycles. The normalized spacial score (nSPS) is 12.0. The largest absolute Gasteiger partial charge is 0.497 e. The maximum Gasteiger partial charge on any atom is 0.306 e. The van der Waals surface area contributed by atoms with Crippen LogP contribution in [0, 0.1) is 12.8 Å². The van der Waals surface area contributed by atoms with E-state index in [9.17, 15) is 4.79 Å². The standard InChI is InChI=1S/C23H34N2O3S/c1-5-7-8-19(6-2)17-28-22(26)13-14-29-23-18(3)15-25(24-23)16-20-9-11-21(27-4)12-10-20/h9-12,15,19H,5-8,13-14,16-17H2,1-4H3. The van der Waals surface area contributed by atoms with Gasteiger partial charge in [0.05, 0.1) is 26.7 Å². The van der Waals surface area contributed by atoms with Crippen molar-refractivity contribution in [3.05, 3.63) is 41.6 Å². The third-order valence-corrected chi connectivity index (χ3v) is 6.06. The van der Waals surface area contributed by atoms with Gasteiger partial charge in [-0.15, -0.1) is 11.8 Å². The number of methoxy groups -OCH3 is 1. The SMILES string of the molecule is CCCCC(CC)COC(=O)CCSc1nn(Cc2ccc(OC)cc2)cc1C. The number of ether oxygens (including phenoxy) is 2. The molecular formula is C23H34N2O3S. The first-order chi connectivity index (χ1) is 14.0. The molecule has 0 fully saturated rings. The summed E-state index contributed by atoms with van der Waals surface area (Å²) in [5.41, 5.74) is 2.30. The van der Waals surface area contributed by atoms with Crippen molar-refractivity contribution in [3.8, 4) is 5.75 Å². The van der Waals surface area contributed by atoms with E-state index >= 15 is 0 Å². The Morgan fingerprint density at radius 3 is 2.66 bits per heavy atom. The molecule has 0 bridgehead atoms. The first-order valence-corrected chi connectivity index (χ1v) is 11.5. The number of carbonyl (C=O) groups excluding carboxylic acids is 1. The van der Waals surface area contributed by atoms with Crippen LogP contribution in [0.1, 0.15) is 57.1 Å². The fourth-order valence-corrected chi connectivity index (χ4v) is 3.96. The second-order valence-corrected chi connectivity index (χ2v) is 8.44. The van der Waals surface area contributed by atoms with Crippen molar-refractivity contribution in [2.45, 2.75) is 64.4 Å². The molecule has 0 aliphatic heterocycles. The van der Waals surface area contributed by atoms with E-state index in [4.69, 9.17) is 9.47 Å². The molecule has 0 N–H and O–H groups in total. The number of carbonyl (C=O) groups is 1. The van der Waals surface area contributed by atoms with Crippen LogP contribution in [0.25, 0.3) is 0 Å². The van der Waals surface area contributed by atoms with Crippen LogP contribution < -0.4 is 4.74 Å². The molecule has 0 saturated heterocycles. The van der Waals surface area contributed by atoms with Crippen molar-refractivity contribution >= 4 is 17.7 Å². The molecule has 1 aromatic carbocycles. The lowest BCUT2D eigenvalue weighted by Crippen LogP contribution is -2.14. The van der Waals surface area contributed by atoms with Gasteiger partial charge < -0.3 is 9.47 Å². The third kappa shape index (κ3) is 8.13. The summed E-state index contributed by atoms with van der Waals surface area (Å²) in [5, 5.41) is 5.63. The van der Waals surface area contributed by atoms with Crippen LogP contribution in [0.3, 0.4) is 0 Å². The molecule has 2 rings (SSSR count). The van der Waals surface area contributed by atoms with E-state index in [1.807, 2.05) is 35.1 Å². The smallest absolute Gasteiger partial charge is 0.306 e. The van der Waals surface area contributed by atoms with E-state index in [-0.39, 0.29) is 5.97 Å². The van der Waals surface area contributed by atoms with Crippen LogP contribution in [-0.4, -0.2) is 35.2 Å². The Morgan fingerprint density at radius 2 is 2.00 bits per heavy atom. The molecule has 0 amide bonds. The summed E-state index contributed by atoms with van der Waals surface area (Å²) in [5.74, 6) is 1.92. The Bertz CT molecular complexity index is 743. The van der Waals surface area contributed by atoms with Crippen molar-refractivity contribution in [1.82, 2.24) is 9.78 Å². The van der Waals surface area contributed by atoms with Gasteiger partial charge in [0.2, 0.25) is 0 Å². The minimum Gasteiger partial charge on any atom is -0.497 e. The van der Waals surface area contributed by atoms with E-state index in [0.717, 1.165) is 29.2 Å². The number of thioether (sulfide) groups is 1.